The molecule has 1 aliphatic heterocycles. The molecule has 1 spiro atoms. The molecule has 4 atom stereocenters. The maximum atomic E-state index is 5.95. The van der Waals surface area contributed by atoms with Crippen molar-refractivity contribution in [2.45, 2.75) is 45.0 Å². The lowest BCUT2D eigenvalue weighted by atomic mass is 9.79. The van der Waals surface area contributed by atoms with Gasteiger partial charge in [0.2, 0.25) is 0 Å². The third-order valence-electron chi connectivity index (χ3n) is 3.54. The Labute approximate surface area is 90.9 Å². The molecule has 2 rings (SSSR count). The van der Waals surface area contributed by atoms with Crippen molar-refractivity contribution in [3.63, 3.8) is 0 Å². The highest BCUT2D eigenvalue weighted by atomic mass is 35.5. The highest BCUT2D eigenvalue weighted by Crippen LogP contribution is 2.43. The van der Waals surface area contributed by atoms with Gasteiger partial charge >= 0.3 is 0 Å². The van der Waals surface area contributed by atoms with Crippen molar-refractivity contribution in [2.24, 2.45) is 11.8 Å². The average molecular weight is 219 g/mol. The maximum Gasteiger partial charge on any atom is 0.171 e. The quantitative estimate of drug-likeness (QED) is 0.631. The van der Waals surface area contributed by atoms with E-state index in [4.69, 9.17) is 21.1 Å². The maximum absolute atomic E-state index is 5.95. The highest BCUT2D eigenvalue weighted by molar-refractivity contribution is 6.18. The Balaban J connectivity index is 2.02. The van der Waals surface area contributed by atoms with Crippen molar-refractivity contribution in [2.75, 3.05) is 12.5 Å². The number of hydrogen-bond donors (Lipinski definition) is 0. The zero-order valence-corrected chi connectivity index (χ0v) is 9.72. The van der Waals surface area contributed by atoms with Crippen LogP contribution in [0.3, 0.4) is 0 Å². The van der Waals surface area contributed by atoms with E-state index < -0.39 is 0 Å². The number of halogens is 1. The van der Waals surface area contributed by atoms with E-state index in [0.29, 0.717) is 18.4 Å². The highest BCUT2D eigenvalue weighted by Gasteiger charge is 2.47. The molecule has 0 bridgehead atoms. The van der Waals surface area contributed by atoms with Crippen LogP contribution in [0.5, 0.6) is 0 Å². The zero-order valence-electron chi connectivity index (χ0n) is 8.96. The Kier molecular flexibility index (Phi) is 3.06. The summed E-state index contributed by atoms with van der Waals surface area (Å²) >= 11 is 5.78. The van der Waals surface area contributed by atoms with Crippen LogP contribution in [-0.4, -0.2) is 24.4 Å². The van der Waals surface area contributed by atoms with Gasteiger partial charge in [0.05, 0.1) is 18.6 Å². The fourth-order valence-corrected chi connectivity index (χ4v) is 2.80. The first kappa shape index (κ1) is 10.7. The van der Waals surface area contributed by atoms with Crippen LogP contribution >= 0.6 is 11.6 Å². The lowest BCUT2D eigenvalue weighted by Gasteiger charge is -2.40. The molecule has 0 aromatic carbocycles. The summed E-state index contributed by atoms with van der Waals surface area (Å²) in [6.45, 7) is 5.20. The Morgan fingerprint density at radius 3 is 2.79 bits per heavy atom. The van der Waals surface area contributed by atoms with Gasteiger partial charge in [-0.05, 0) is 18.8 Å². The van der Waals surface area contributed by atoms with Crippen LogP contribution in [0.2, 0.25) is 0 Å². The van der Waals surface area contributed by atoms with E-state index in [2.05, 4.69) is 13.8 Å². The summed E-state index contributed by atoms with van der Waals surface area (Å²) in [5.41, 5.74) is 0. The minimum Gasteiger partial charge on any atom is -0.347 e. The molecule has 14 heavy (non-hydrogen) atoms. The molecule has 0 aromatic rings. The number of ether oxygens (including phenoxy) is 2. The molecule has 0 amide bonds. The largest absolute Gasteiger partial charge is 0.347 e. The van der Waals surface area contributed by atoms with Gasteiger partial charge in [-0.15, -0.1) is 11.6 Å². The first-order valence-corrected chi connectivity index (χ1v) is 6.07. The van der Waals surface area contributed by atoms with Crippen molar-refractivity contribution >= 4 is 11.6 Å². The fourth-order valence-electron chi connectivity index (χ4n) is 2.64. The summed E-state index contributed by atoms with van der Waals surface area (Å²) in [7, 11) is 0. The topological polar surface area (TPSA) is 18.5 Å². The third kappa shape index (κ3) is 1.80. The molecular weight excluding hydrogens is 200 g/mol. The second kappa shape index (κ2) is 3.99. The molecule has 4 unspecified atom stereocenters. The van der Waals surface area contributed by atoms with Crippen molar-refractivity contribution in [1.29, 1.82) is 0 Å². The molecule has 0 N–H and O–H groups in total. The molecule has 0 aromatic heterocycles. The lowest BCUT2D eigenvalue weighted by molar-refractivity contribution is -0.220. The van der Waals surface area contributed by atoms with Crippen LogP contribution in [0.1, 0.15) is 33.1 Å². The molecule has 1 aliphatic carbocycles. The molecule has 2 fully saturated rings. The van der Waals surface area contributed by atoms with Crippen LogP contribution in [-0.2, 0) is 9.47 Å². The van der Waals surface area contributed by atoms with E-state index in [1.807, 2.05) is 0 Å². The second-order valence-electron chi connectivity index (χ2n) is 4.80. The summed E-state index contributed by atoms with van der Waals surface area (Å²) in [4.78, 5) is 0. The van der Waals surface area contributed by atoms with E-state index in [0.717, 1.165) is 12.3 Å². The van der Waals surface area contributed by atoms with Crippen LogP contribution in [0, 0.1) is 11.8 Å². The number of alkyl halides is 1. The third-order valence-corrected chi connectivity index (χ3v) is 3.89. The van der Waals surface area contributed by atoms with Gasteiger partial charge in [0.1, 0.15) is 0 Å². The van der Waals surface area contributed by atoms with Crippen molar-refractivity contribution < 1.29 is 9.47 Å². The molecule has 2 nitrogen and oxygen atoms in total. The predicted octanol–water partition coefficient (Wildman–Crippen LogP) is 2.79. The molecule has 3 heteroatoms. The van der Waals surface area contributed by atoms with Crippen molar-refractivity contribution in [3.8, 4) is 0 Å². The standard InChI is InChI=1S/C11H19ClO2/c1-8-3-4-11(9(2)5-8)13-7-10(6-12)14-11/h8-10H,3-7H2,1-2H3. The van der Waals surface area contributed by atoms with Gasteiger partial charge in [-0.1, -0.05) is 13.8 Å². The Morgan fingerprint density at radius 1 is 1.43 bits per heavy atom. The fraction of sp³-hybridized carbons (Fsp3) is 1.00. The van der Waals surface area contributed by atoms with Gasteiger partial charge in [-0.2, -0.15) is 0 Å². The van der Waals surface area contributed by atoms with Gasteiger partial charge in [-0.3, -0.25) is 0 Å². The molecule has 82 valence electrons. The van der Waals surface area contributed by atoms with Crippen LogP contribution < -0.4 is 0 Å². The summed E-state index contributed by atoms with van der Waals surface area (Å²) in [6, 6.07) is 0. The van der Waals surface area contributed by atoms with Crippen LogP contribution in [0.15, 0.2) is 0 Å². The molecule has 0 radical (unpaired) electrons. The molecule has 2 aliphatic rings. The zero-order chi connectivity index (χ0) is 10.2. The Morgan fingerprint density at radius 2 is 2.21 bits per heavy atom. The smallest absolute Gasteiger partial charge is 0.171 e. The first-order valence-electron chi connectivity index (χ1n) is 5.54. The predicted molar refractivity (Wildman–Crippen MR) is 56.5 cm³/mol. The summed E-state index contributed by atoms with van der Waals surface area (Å²) in [5, 5.41) is 0. The van der Waals surface area contributed by atoms with Gasteiger partial charge in [-0.25, -0.2) is 0 Å². The number of rotatable bonds is 1. The molecule has 1 heterocycles. The average Bonchev–Trinajstić information content (AvgIpc) is 2.58. The monoisotopic (exact) mass is 218 g/mol. The molecule has 1 saturated heterocycles. The van der Waals surface area contributed by atoms with Crippen molar-refractivity contribution in [1.82, 2.24) is 0 Å². The Hall–Kier alpha value is 0.210. The summed E-state index contributed by atoms with van der Waals surface area (Å²) in [6.07, 6.45) is 3.55. The van der Waals surface area contributed by atoms with Crippen LogP contribution in [0.25, 0.3) is 0 Å². The lowest BCUT2D eigenvalue weighted by Crippen LogP contribution is -2.42. The van der Waals surface area contributed by atoms with Gasteiger partial charge in [0.25, 0.3) is 0 Å². The van der Waals surface area contributed by atoms with E-state index in [1.165, 1.54) is 12.8 Å². The summed E-state index contributed by atoms with van der Waals surface area (Å²) < 4.78 is 11.8. The molecular formula is C11H19ClO2. The number of hydrogen-bond acceptors (Lipinski definition) is 2. The Bertz CT molecular complexity index is 209. The SMILES string of the molecule is CC1CCC2(OCC(CCl)O2)C(C)C1. The van der Waals surface area contributed by atoms with Gasteiger partial charge < -0.3 is 9.47 Å². The van der Waals surface area contributed by atoms with Gasteiger partial charge in [0.15, 0.2) is 5.79 Å². The minimum atomic E-state index is -0.300. The molecule has 1 saturated carbocycles. The van der Waals surface area contributed by atoms with E-state index in [9.17, 15) is 0 Å². The summed E-state index contributed by atoms with van der Waals surface area (Å²) in [5.74, 6) is 1.55. The second-order valence-corrected chi connectivity index (χ2v) is 5.11. The van der Waals surface area contributed by atoms with Gasteiger partial charge in [0, 0.05) is 12.3 Å². The normalized spacial score (nSPS) is 48.6. The van der Waals surface area contributed by atoms with Crippen LogP contribution in [0.4, 0.5) is 0 Å². The van der Waals surface area contributed by atoms with Crippen molar-refractivity contribution in [3.05, 3.63) is 0 Å². The van der Waals surface area contributed by atoms with E-state index >= 15 is 0 Å². The van der Waals surface area contributed by atoms with E-state index in [-0.39, 0.29) is 11.9 Å². The van der Waals surface area contributed by atoms with E-state index in [1.54, 1.807) is 0 Å². The minimum absolute atomic E-state index is 0.104. The first-order chi connectivity index (χ1) is 6.66.